The molecular formula is C9H16N2O3. The van der Waals surface area contributed by atoms with Gasteiger partial charge in [0.25, 0.3) is 0 Å². The van der Waals surface area contributed by atoms with Gasteiger partial charge in [0.15, 0.2) is 0 Å². The first kappa shape index (κ1) is 9.89. The van der Waals surface area contributed by atoms with Crippen molar-refractivity contribution in [1.82, 2.24) is 10.2 Å². The van der Waals surface area contributed by atoms with Crippen molar-refractivity contribution in [2.45, 2.75) is 19.2 Å². The third-order valence-electron chi connectivity index (χ3n) is 2.62. The van der Waals surface area contributed by atoms with E-state index in [-0.39, 0.29) is 18.2 Å². The molecule has 1 amide bonds. The lowest BCUT2D eigenvalue weighted by atomic mass is 10.3. The summed E-state index contributed by atoms with van der Waals surface area (Å²) in [6.45, 7) is 4.94. The first-order valence-corrected chi connectivity index (χ1v) is 4.99. The number of ether oxygens (including phenoxy) is 2. The van der Waals surface area contributed by atoms with Crippen molar-refractivity contribution in [3.05, 3.63) is 0 Å². The second kappa shape index (κ2) is 4.25. The van der Waals surface area contributed by atoms with Crippen molar-refractivity contribution >= 4 is 5.91 Å². The molecule has 0 spiro atoms. The van der Waals surface area contributed by atoms with Crippen LogP contribution in [-0.2, 0) is 14.3 Å². The van der Waals surface area contributed by atoms with Crippen LogP contribution >= 0.6 is 0 Å². The Kier molecular flexibility index (Phi) is 3.00. The number of hydrogen-bond acceptors (Lipinski definition) is 4. The number of hydrogen-bond donors (Lipinski definition) is 1. The zero-order valence-electron chi connectivity index (χ0n) is 8.36. The summed E-state index contributed by atoms with van der Waals surface area (Å²) < 4.78 is 10.8. The summed E-state index contributed by atoms with van der Waals surface area (Å²) in [5, 5.41) is 3.09. The first-order chi connectivity index (χ1) is 6.77. The van der Waals surface area contributed by atoms with Crippen molar-refractivity contribution in [2.75, 3.05) is 32.9 Å². The van der Waals surface area contributed by atoms with Crippen LogP contribution in [0.3, 0.4) is 0 Å². The Morgan fingerprint density at radius 2 is 2.43 bits per heavy atom. The molecule has 5 heteroatoms. The largest absolute Gasteiger partial charge is 0.376 e. The number of carbonyl (C=O) groups is 1. The molecule has 5 nitrogen and oxygen atoms in total. The van der Waals surface area contributed by atoms with Crippen LogP contribution in [0.1, 0.15) is 6.92 Å². The minimum atomic E-state index is 0.0371. The van der Waals surface area contributed by atoms with Gasteiger partial charge in [-0.15, -0.1) is 0 Å². The fourth-order valence-electron chi connectivity index (χ4n) is 1.78. The number of rotatable bonds is 2. The molecule has 14 heavy (non-hydrogen) atoms. The molecule has 80 valence electrons. The highest BCUT2D eigenvalue weighted by atomic mass is 16.6. The second-order valence-corrected chi connectivity index (χ2v) is 3.67. The number of nitrogens with zero attached hydrogens (tertiary/aromatic N) is 1. The van der Waals surface area contributed by atoms with Crippen LogP contribution in [-0.4, -0.2) is 56.0 Å². The predicted molar refractivity (Wildman–Crippen MR) is 49.7 cm³/mol. The van der Waals surface area contributed by atoms with Gasteiger partial charge in [-0.25, -0.2) is 0 Å². The lowest BCUT2D eigenvalue weighted by Gasteiger charge is -2.29. The molecule has 1 N–H and O–H groups in total. The Hall–Kier alpha value is -0.650. The van der Waals surface area contributed by atoms with Gasteiger partial charge in [-0.05, 0) is 6.92 Å². The minimum absolute atomic E-state index is 0.0371. The molecule has 0 aromatic rings. The molecule has 2 rings (SSSR count). The van der Waals surface area contributed by atoms with Gasteiger partial charge in [0.2, 0.25) is 5.91 Å². The van der Waals surface area contributed by atoms with Crippen LogP contribution in [0.5, 0.6) is 0 Å². The summed E-state index contributed by atoms with van der Waals surface area (Å²) in [6.07, 6.45) is 0.156. The Labute approximate surface area is 83.3 Å². The van der Waals surface area contributed by atoms with E-state index in [4.69, 9.17) is 9.47 Å². The highest BCUT2D eigenvalue weighted by Gasteiger charge is 2.29. The average Bonchev–Trinajstić information content (AvgIpc) is 2.51. The van der Waals surface area contributed by atoms with E-state index in [1.54, 1.807) is 4.90 Å². The van der Waals surface area contributed by atoms with Crippen molar-refractivity contribution < 1.29 is 14.3 Å². The predicted octanol–water partition coefficient (Wildman–Crippen LogP) is -0.820. The van der Waals surface area contributed by atoms with E-state index in [0.29, 0.717) is 32.9 Å². The van der Waals surface area contributed by atoms with E-state index in [1.165, 1.54) is 0 Å². The monoisotopic (exact) mass is 200 g/mol. The summed E-state index contributed by atoms with van der Waals surface area (Å²) in [4.78, 5) is 13.2. The fourth-order valence-corrected chi connectivity index (χ4v) is 1.78. The molecule has 0 radical (unpaired) electrons. The van der Waals surface area contributed by atoms with Crippen LogP contribution in [0.25, 0.3) is 0 Å². The molecule has 2 unspecified atom stereocenters. The second-order valence-electron chi connectivity index (χ2n) is 3.67. The van der Waals surface area contributed by atoms with Crippen molar-refractivity contribution in [3.8, 4) is 0 Å². The lowest BCUT2D eigenvalue weighted by Crippen LogP contribution is -2.44. The van der Waals surface area contributed by atoms with E-state index in [1.807, 2.05) is 6.92 Å². The van der Waals surface area contributed by atoms with Gasteiger partial charge in [0.05, 0.1) is 45.2 Å². The molecule has 0 aliphatic carbocycles. The molecule has 2 aliphatic heterocycles. The van der Waals surface area contributed by atoms with Gasteiger partial charge in [0.1, 0.15) is 0 Å². The topological polar surface area (TPSA) is 50.8 Å². The smallest absolute Gasteiger partial charge is 0.237 e. The third kappa shape index (κ3) is 2.05. The van der Waals surface area contributed by atoms with Gasteiger partial charge < -0.3 is 14.4 Å². The zero-order valence-corrected chi connectivity index (χ0v) is 8.36. The van der Waals surface area contributed by atoms with Crippen LogP contribution in [0, 0.1) is 0 Å². The van der Waals surface area contributed by atoms with E-state index in [9.17, 15) is 4.79 Å². The molecular weight excluding hydrogens is 184 g/mol. The first-order valence-electron chi connectivity index (χ1n) is 4.99. The van der Waals surface area contributed by atoms with E-state index in [2.05, 4.69) is 5.32 Å². The Morgan fingerprint density at radius 1 is 1.57 bits per heavy atom. The number of carbonyl (C=O) groups excluding carboxylic acids is 1. The van der Waals surface area contributed by atoms with E-state index in [0.717, 1.165) is 0 Å². The molecule has 0 bridgehead atoms. The quantitative estimate of drug-likeness (QED) is 0.632. The standard InChI is InChI=1S/C9H16N2O3/c1-7-10-4-9(12)11(7)5-8-6-13-2-3-14-8/h7-8,10H,2-6H2,1H3. The molecule has 2 aliphatic rings. The lowest BCUT2D eigenvalue weighted by molar-refractivity contribution is -0.135. The van der Waals surface area contributed by atoms with Crippen molar-refractivity contribution in [2.24, 2.45) is 0 Å². The Bertz CT molecular complexity index is 216. The summed E-state index contributed by atoms with van der Waals surface area (Å²) >= 11 is 0. The molecule has 2 saturated heterocycles. The maximum Gasteiger partial charge on any atom is 0.237 e. The van der Waals surface area contributed by atoms with Crippen LogP contribution < -0.4 is 5.32 Å². The van der Waals surface area contributed by atoms with Crippen LogP contribution in [0.2, 0.25) is 0 Å². The highest BCUT2D eigenvalue weighted by molar-refractivity contribution is 5.80. The van der Waals surface area contributed by atoms with Crippen molar-refractivity contribution in [3.63, 3.8) is 0 Å². The molecule has 0 aromatic heterocycles. The van der Waals surface area contributed by atoms with Crippen LogP contribution in [0.4, 0.5) is 0 Å². The maximum absolute atomic E-state index is 11.4. The van der Waals surface area contributed by atoms with Gasteiger partial charge >= 0.3 is 0 Å². The minimum Gasteiger partial charge on any atom is -0.376 e. The van der Waals surface area contributed by atoms with E-state index < -0.39 is 0 Å². The summed E-state index contributed by atoms with van der Waals surface area (Å²) in [7, 11) is 0. The normalized spacial score (nSPS) is 33.8. The van der Waals surface area contributed by atoms with Gasteiger partial charge in [0, 0.05) is 0 Å². The number of amides is 1. The molecule has 2 heterocycles. The molecule has 2 fully saturated rings. The van der Waals surface area contributed by atoms with Gasteiger partial charge in [-0.1, -0.05) is 0 Å². The Morgan fingerprint density at radius 3 is 3.00 bits per heavy atom. The average molecular weight is 200 g/mol. The zero-order chi connectivity index (χ0) is 9.97. The number of nitrogens with one attached hydrogen (secondary N) is 1. The molecule has 0 aromatic carbocycles. The van der Waals surface area contributed by atoms with Gasteiger partial charge in [-0.3, -0.25) is 10.1 Å². The summed E-state index contributed by atoms with van der Waals surface area (Å²) in [5.41, 5.74) is 0. The third-order valence-corrected chi connectivity index (χ3v) is 2.62. The Balaban J connectivity index is 1.85. The summed E-state index contributed by atoms with van der Waals surface area (Å²) in [5.74, 6) is 0.145. The SMILES string of the molecule is CC1NCC(=O)N1CC1COCCO1. The van der Waals surface area contributed by atoms with Crippen molar-refractivity contribution in [1.29, 1.82) is 0 Å². The maximum atomic E-state index is 11.4. The molecule has 2 atom stereocenters. The van der Waals surface area contributed by atoms with Gasteiger partial charge in [-0.2, -0.15) is 0 Å². The molecule has 0 saturated carbocycles. The fraction of sp³-hybridized carbons (Fsp3) is 0.889. The summed E-state index contributed by atoms with van der Waals surface area (Å²) in [6, 6.07) is 0. The van der Waals surface area contributed by atoms with Crippen LogP contribution in [0.15, 0.2) is 0 Å². The highest BCUT2D eigenvalue weighted by Crippen LogP contribution is 2.09. The van der Waals surface area contributed by atoms with E-state index >= 15 is 0 Å².